The van der Waals surface area contributed by atoms with Crippen LogP contribution in [0.15, 0.2) is 30.3 Å². The van der Waals surface area contributed by atoms with Crippen molar-refractivity contribution in [3.8, 4) is 0 Å². The summed E-state index contributed by atoms with van der Waals surface area (Å²) in [7, 11) is 0. The zero-order valence-corrected chi connectivity index (χ0v) is 14.3. The standard InChI is InChI=1S/C17H23N3O3.ClH/c18-12-6-8-13(9-7-12)19-17(22)16-15(20-14(21)10-23-16)11-4-2-1-3-5-11;/h1-5,12-13,15-16H,6-10,18H2,(H,19,22)(H,20,21);1H/t12?,13?,15-,16+;/m1./s1. The Balaban J connectivity index is 0.00000208. The molecule has 7 heteroatoms. The maximum Gasteiger partial charge on any atom is 0.251 e. The van der Waals surface area contributed by atoms with Gasteiger partial charge in [0.1, 0.15) is 6.61 Å². The maximum atomic E-state index is 12.6. The molecule has 0 aromatic heterocycles. The first-order chi connectivity index (χ1) is 11.1. The number of hydrogen-bond acceptors (Lipinski definition) is 4. The summed E-state index contributed by atoms with van der Waals surface area (Å²) in [5.41, 5.74) is 6.77. The Morgan fingerprint density at radius 3 is 2.50 bits per heavy atom. The van der Waals surface area contributed by atoms with Crippen LogP contribution < -0.4 is 16.4 Å². The number of halogens is 1. The lowest BCUT2D eigenvalue weighted by Gasteiger charge is -2.34. The molecule has 1 aliphatic carbocycles. The molecule has 132 valence electrons. The molecule has 1 aliphatic heterocycles. The summed E-state index contributed by atoms with van der Waals surface area (Å²) < 4.78 is 5.53. The van der Waals surface area contributed by atoms with Gasteiger partial charge in [-0.05, 0) is 31.2 Å². The average Bonchev–Trinajstić information content (AvgIpc) is 2.57. The minimum Gasteiger partial charge on any atom is -0.356 e. The second-order valence-corrected chi connectivity index (χ2v) is 6.31. The SMILES string of the molecule is Cl.NC1CCC(NC(=O)[C@H]2OCC(=O)N[C@@H]2c2ccccc2)CC1. The lowest BCUT2D eigenvalue weighted by molar-refractivity contribution is -0.148. The molecule has 6 nitrogen and oxygen atoms in total. The highest BCUT2D eigenvalue weighted by Gasteiger charge is 2.37. The molecule has 2 amide bonds. The van der Waals surface area contributed by atoms with Gasteiger partial charge in [-0.15, -0.1) is 12.4 Å². The Morgan fingerprint density at radius 2 is 1.83 bits per heavy atom. The lowest BCUT2D eigenvalue weighted by Crippen LogP contribution is -2.54. The van der Waals surface area contributed by atoms with E-state index in [9.17, 15) is 9.59 Å². The van der Waals surface area contributed by atoms with Gasteiger partial charge in [-0.3, -0.25) is 9.59 Å². The van der Waals surface area contributed by atoms with Gasteiger partial charge in [0, 0.05) is 12.1 Å². The van der Waals surface area contributed by atoms with Gasteiger partial charge < -0.3 is 21.1 Å². The van der Waals surface area contributed by atoms with E-state index in [1.54, 1.807) is 0 Å². The molecule has 1 aromatic carbocycles. The molecule has 0 spiro atoms. The first-order valence-electron chi connectivity index (χ1n) is 8.15. The number of carbonyl (C=O) groups excluding carboxylic acids is 2. The van der Waals surface area contributed by atoms with Crippen LogP contribution in [0.3, 0.4) is 0 Å². The van der Waals surface area contributed by atoms with E-state index in [4.69, 9.17) is 10.5 Å². The van der Waals surface area contributed by atoms with E-state index in [2.05, 4.69) is 10.6 Å². The normalized spacial score (nSPS) is 30.0. The molecule has 2 fully saturated rings. The molecular weight excluding hydrogens is 330 g/mol. The Bertz CT molecular complexity index is 561. The zero-order chi connectivity index (χ0) is 16.2. The molecule has 4 N–H and O–H groups in total. The summed E-state index contributed by atoms with van der Waals surface area (Å²) in [5, 5.41) is 5.92. The Hall–Kier alpha value is -1.63. The van der Waals surface area contributed by atoms with Crippen molar-refractivity contribution in [1.29, 1.82) is 0 Å². The quantitative estimate of drug-likeness (QED) is 0.757. The number of nitrogens with two attached hydrogens (primary N) is 1. The van der Waals surface area contributed by atoms with Gasteiger partial charge in [0.2, 0.25) is 5.91 Å². The number of nitrogens with one attached hydrogen (secondary N) is 2. The number of hydrogen-bond donors (Lipinski definition) is 3. The highest BCUT2D eigenvalue weighted by atomic mass is 35.5. The van der Waals surface area contributed by atoms with Crippen molar-refractivity contribution in [2.75, 3.05) is 6.61 Å². The second kappa shape index (κ2) is 8.46. The third kappa shape index (κ3) is 4.47. The molecule has 0 bridgehead atoms. The fourth-order valence-corrected chi connectivity index (χ4v) is 3.24. The van der Waals surface area contributed by atoms with E-state index in [-0.39, 0.29) is 42.9 Å². The van der Waals surface area contributed by atoms with Crippen molar-refractivity contribution in [3.63, 3.8) is 0 Å². The molecule has 0 radical (unpaired) electrons. The number of benzene rings is 1. The number of ether oxygens (including phenoxy) is 1. The predicted molar refractivity (Wildman–Crippen MR) is 92.7 cm³/mol. The van der Waals surface area contributed by atoms with Crippen molar-refractivity contribution in [1.82, 2.24) is 10.6 Å². The molecule has 1 saturated carbocycles. The van der Waals surface area contributed by atoms with E-state index in [1.807, 2.05) is 30.3 Å². The van der Waals surface area contributed by atoms with Gasteiger partial charge in [-0.25, -0.2) is 0 Å². The zero-order valence-electron chi connectivity index (χ0n) is 13.4. The van der Waals surface area contributed by atoms with E-state index < -0.39 is 12.1 Å². The molecular formula is C17H24ClN3O3. The van der Waals surface area contributed by atoms with Crippen molar-refractivity contribution in [3.05, 3.63) is 35.9 Å². The second-order valence-electron chi connectivity index (χ2n) is 6.31. The van der Waals surface area contributed by atoms with Crippen LogP contribution >= 0.6 is 12.4 Å². The van der Waals surface area contributed by atoms with Gasteiger partial charge in [-0.2, -0.15) is 0 Å². The number of morpholine rings is 1. The van der Waals surface area contributed by atoms with Gasteiger partial charge in [-0.1, -0.05) is 30.3 Å². The fourth-order valence-electron chi connectivity index (χ4n) is 3.24. The first-order valence-corrected chi connectivity index (χ1v) is 8.15. The van der Waals surface area contributed by atoms with Crippen LogP contribution in [0, 0.1) is 0 Å². The van der Waals surface area contributed by atoms with Crippen LogP contribution in [0.25, 0.3) is 0 Å². The predicted octanol–water partition coefficient (Wildman–Crippen LogP) is 1.05. The van der Waals surface area contributed by atoms with Crippen molar-refractivity contribution >= 4 is 24.2 Å². The summed E-state index contributed by atoms with van der Waals surface area (Å²) in [4.78, 5) is 24.3. The molecule has 3 rings (SSSR count). The van der Waals surface area contributed by atoms with Crippen LogP contribution in [-0.2, 0) is 14.3 Å². The molecule has 1 saturated heterocycles. The Morgan fingerprint density at radius 1 is 1.17 bits per heavy atom. The van der Waals surface area contributed by atoms with Crippen molar-refractivity contribution in [2.45, 2.75) is 49.9 Å². The Labute approximate surface area is 147 Å². The summed E-state index contributed by atoms with van der Waals surface area (Å²) in [6, 6.07) is 9.36. The highest BCUT2D eigenvalue weighted by molar-refractivity contribution is 5.86. The van der Waals surface area contributed by atoms with Crippen molar-refractivity contribution < 1.29 is 14.3 Å². The van der Waals surface area contributed by atoms with Crippen LogP contribution in [0.2, 0.25) is 0 Å². The highest BCUT2D eigenvalue weighted by Crippen LogP contribution is 2.24. The first kappa shape index (κ1) is 18.7. The number of rotatable bonds is 3. The molecule has 1 heterocycles. The third-order valence-corrected chi connectivity index (χ3v) is 4.55. The lowest BCUT2D eigenvalue weighted by atomic mass is 9.91. The van der Waals surface area contributed by atoms with Crippen LogP contribution in [0.4, 0.5) is 0 Å². The topological polar surface area (TPSA) is 93.4 Å². The monoisotopic (exact) mass is 353 g/mol. The Kier molecular flexibility index (Phi) is 6.60. The minimum absolute atomic E-state index is 0. The number of carbonyl (C=O) groups is 2. The largest absolute Gasteiger partial charge is 0.356 e. The maximum absolute atomic E-state index is 12.6. The summed E-state index contributed by atoms with van der Waals surface area (Å²) in [5.74, 6) is -0.370. The molecule has 0 unspecified atom stereocenters. The van der Waals surface area contributed by atoms with Gasteiger partial charge in [0.25, 0.3) is 5.91 Å². The average molecular weight is 354 g/mol. The smallest absolute Gasteiger partial charge is 0.251 e. The van der Waals surface area contributed by atoms with Gasteiger partial charge >= 0.3 is 0 Å². The van der Waals surface area contributed by atoms with Crippen LogP contribution in [0.5, 0.6) is 0 Å². The van der Waals surface area contributed by atoms with E-state index >= 15 is 0 Å². The molecule has 2 aliphatic rings. The third-order valence-electron chi connectivity index (χ3n) is 4.55. The van der Waals surface area contributed by atoms with Crippen LogP contribution in [-0.4, -0.2) is 36.6 Å². The summed E-state index contributed by atoms with van der Waals surface area (Å²) in [6.45, 7) is -0.0863. The molecule has 1 aromatic rings. The summed E-state index contributed by atoms with van der Waals surface area (Å²) >= 11 is 0. The van der Waals surface area contributed by atoms with E-state index in [1.165, 1.54) is 0 Å². The molecule has 24 heavy (non-hydrogen) atoms. The minimum atomic E-state index is -0.703. The molecule has 2 atom stereocenters. The van der Waals surface area contributed by atoms with Gasteiger partial charge in [0.15, 0.2) is 6.10 Å². The number of amides is 2. The van der Waals surface area contributed by atoms with Gasteiger partial charge in [0.05, 0.1) is 6.04 Å². The van der Waals surface area contributed by atoms with E-state index in [0.717, 1.165) is 31.2 Å². The fraction of sp³-hybridized carbons (Fsp3) is 0.529. The summed E-state index contributed by atoms with van der Waals surface area (Å²) in [6.07, 6.45) is 2.93. The van der Waals surface area contributed by atoms with E-state index in [0.29, 0.717) is 0 Å². The van der Waals surface area contributed by atoms with Crippen molar-refractivity contribution in [2.24, 2.45) is 5.73 Å². The van der Waals surface area contributed by atoms with Crippen LogP contribution in [0.1, 0.15) is 37.3 Å².